The molecule has 1 atom stereocenters. The summed E-state index contributed by atoms with van der Waals surface area (Å²) < 4.78 is 16.3. The molecule has 1 aliphatic rings. The second-order valence-electron chi connectivity index (χ2n) is 5.22. The molecular formula is C16H17NO6. The van der Waals surface area contributed by atoms with Gasteiger partial charge in [0.1, 0.15) is 17.6 Å². The summed E-state index contributed by atoms with van der Waals surface area (Å²) in [5, 5.41) is 8.90. The highest BCUT2D eigenvalue weighted by Crippen LogP contribution is 2.28. The molecule has 0 bridgehead atoms. The van der Waals surface area contributed by atoms with Crippen molar-refractivity contribution in [1.29, 1.82) is 0 Å². The number of rotatable bonds is 4. The van der Waals surface area contributed by atoms with E-state index in [1.807, 2.05) is 19.1 Å². The molecule has 1 amide bonds. The highest BCUT2D eigenvalue weighted by atomic mass is 16.5. The number of aromatic carboxylic acids is 1. The van der Waals surface area contributed by atoms with Crippen molar-refractivity contribution >= 4 is 11.9 Å². The van der Waals surface area contributed by atoms with Crippen molar-refractivity contribution < 1.29 is 28.3 Å². The van der Waals surface area contributed by atoms with Gasteiger partial charge in [-0.1, -0.05) is 6.92 Å². The number of aryl methyl sites for hydroxylation is 1. The fourth-order valence-corrected chi connectivity index (χ4v) is 2.56. The van der Waals surface area contributed by atoms with Gasteiger partial charge in [0.2, 0.25) is 5.76 Å². The quantitative estimate of drug-likeness (QED) is 0.930. The summed E-state index contributed by atoms with van der Waals surface area (Å²) in [4.78, 5) is 25.1. The second kappa shape index (κ2) is 6.29. The Morgan fingerprint density at radius 2 is 2.00 bits per heavy atom. The number of carboxylic acid groups (broad SMARTS) is 1. The number of furan rings is 2. The van der Waals surface area contributed by atoms with Crippen LogP contribution in [0.25, 0.3) is 0 Å². The van der Waals surface area contributed by atoms with E-state index in [0.29, 0.717) is 25.5 Å². The second-order valence-corrected chi connectivity index (χ2v) is 5.22. The van der Waals surface area contributed by atoms with Crippen molar-refractivity contribution in [1.82, 2.24) is 4.90 Å². The standard InChI is InChI=1S/C16H17NO6/c1-2-10-3-4-12(22-10)11-9-21-8-7-17(11)15(18)13-5-6-14(23-13)16(19)20/h3-6,11H,2,7-9H2,1H3,(H,19,20). The summed E-state index contributed by atoms with van der Waals surface area (Å²) in [6, 6.07) is 6.01. The highest BCUT2D eigenvalue weighted by Gasteiger charge is 2.33. The van der Waals surface area contributed by atoms with Crippen LogP contribution < -0.4 is 0 Å². The largest absolute Gasteiger partial charge is 0.475 e. The normalized spacial score (nSPS) is 18.1. The maximum atomic E-state index is 12.6. The average molecular weight is 319 g/mol. The number of amides is 1. The Balaban J connectivity index is 1.85. The van der Waals surface area contributed by atoms with E-state index in [4.69, 9.17) is 18.7 Å². The van der Waals surface area contributed by atoms with Gasteiger partial charge >= 0.3 is 5.97 Å². The van der Waals surface area contributed by atoms with Crippen molar-refractivity contribution in [3.63, 3.8) is 0 Å². The molecule has 1 saturated heterocycles. The van der Waals surface area contributed by atoms with Crippen LogP contribution >= 0.6 is 0 Å². The Bertz CT molecular complexity index is 716. The predicted octanol–water partition coefficient (Wildman–Crippen LogP) is 2.35. The number of carboxylic acids is 1. The highest BCUT2D eigenvalue weighted by molar-refractivity contribution is 5.93. The molecule has 2 aromatic heterocycles. The Kier molecular flexibility index (Phi) is 4.20. The van der Waals surface area contributed by atoms with Crippen LogP contribution in [0.3, 0.4) is 0 Å². The third-order valence-corrected chi connectivity index (χ3v) is 3.78. The summed E-state index contributed by atoms with van der Waals surface area (Å²) in [6.45, 7) is 3.11. The fraction of sp³-hybridized carbons (Fsp3) is 0.375. The van der Waals surface area contributed by atoms with Crippen LogP contribution in [0.5, 0.6) is 0 Å². The van der Waals surface area contributed by atoms with Crippen molar-refractivity contribution in [2.75, 3.05) is 19.8 Å². The van der Waals surface area contributed by atoms with E-state index in [-0.39, 0.29) is 23.5 Å². The first kappa shape index (κ1) is 15.4. The number of carbonyl (C=O) groups is 2. The van der Waals surface area contributed by atoms with Gasteiger partial charge in [0.15, 0.2) is 5.76 Å². The average Bonchev–Trinajstić information content (AvgIpc) is 3.23. The molecule has 1 fully saturated rings. The third-order valence-electron chi connectivity index (χ3n) is 3.78. The predicted molar refractivity (Wildman–Crippen MR) is 78.3 cm³/mol. The SMILES string of the molecule is CCc1ccc(C2COCCN2C(=O)c2ccc(C(=O)O)o2)o1. The molecule has 1 unspecified atom stereocenters. The van der Waals surface area contributed by atoms with E-state index in [2.05, 4.69) is 0 Å². The van der Waals surface area contributed by atoms with E-state index >= 15 is 0 Å². The molecule has 7 nitrogen and oxygen atoms in total. The number of nitrogens with zero attached hydrogens (tertiary/aromatic N) is 1. The summed E-state index contributed by atoms with van der Waals surface area (Å²) in [6.07, 6.45) is 0.766. The Labute approximate surface area is 132 Å². The fourth-order valence-electron chi connectivity index (χ4n) is 2.56. The monoisotopic (exact) mass is 319 g/mol. The van der Waals surface area contributed by atoms with Gasteiger partial charge in [-0.2, -0.15) is 0 Å². The minimum Gasteiger partial charge on any atom is -0.475 e. The van der Waals surface area contributed by atoms with Gasteiger partial charge in [-0.05, 0) is 24.3 Å². The first-order chi connectivity index (χ1) is 11.1. The Hall–Kier alpha value is -2.54. The number of morpholine rings is 1. The molecule has 122 valence electrons. The topological polar surface area (TPSA) is 93.1 Å². The first-order valence-corrected chi connectivity index (χ1v) is 7.40. The van der Waals surface area contributed by atoms with Crippen LogP contribution in [0.15, 0.2) is 33.1 Å². The van der Waals surface area contributed by atoms with Crippen molar-refractivity contribution in [2.45, 2.75) is 19.4 Å². The van der Waals surface area contributed by atoms with E-state index < -0.39 is 5.97 Å². The van der Waals surface area contributed by atoms with E-state index in [9.17, 15) is 9.59 Å². The van der Waals surface area contributed by atoms with E-state index in [0.717, 1.165) is 12.2 Å². The maximum absolute atomic E-state index is 12.6. The van der Waals surface area contributed by atoms with Crippen LogP contribution in [0.4, 0.5) is 0 Å². The van der Waals surface area contributed by atoms with Crippen LogP contribution in [-0.2, 0) is 11.2 Å². The van der Waals surface area contributed by atoms with Gasteiger partial charge in [0.05, 0.1) is 13.2 Å². The van der Waals surface area contributed by atoms with E-state index in [1.165, 1.54) is 12.1 Å². The summed E-state index contributed by atoms with van der Waals surface area (Å²) in [5.41, 5.74) is 0. The molecule has 0 aromatic carbocycles. The maximum Gasteiger partial charge on any atom is 0.371 e. The Morgan fingerprint density at radius 1 is 1.22 bits per heavy atom. The summed E-state index contributed by atoms with van der Waals surface area (Å²) >= 11 is 0. The zero-order valence-corrected chi connectivity index (χ0v) is 12.7. The van der Waals surface area contributed by atoms with Crippen molar-refractivity contribution in [3.05, 3.63) is 47.3 Å². The molecule has 2 aromatic rings. The number of ether oxygens (including phenoxy) is 1. The summed E-state index contributed by atoms with van der Waals surface area (Å²) in [7, 11) is 0. The molecule has 3 rings (SSSR count). The molecule has 0 aliphatic carbocycles. The zero-order chi connectivity index (χ0) is 16.4. The van der Waals surface area contributed by atoms with Gasteiger partial charge < -0.3 is 23.6 Å². The molecule has 23 heavy (non-hydrogen) atoms. The van der Waals surface area contributed by atoms with Crippen LogP contribution in [-0.4, -0.2) is 41.6 Å². The lowest BCUT2D eigenvalue weighted by Crippen LogP contribution is -2.43. The van der Waals surface area contributed by atoms with E-state index in [1.54, 1.807) is 4.90 Å². The van der Waals surface area contributed by atoms with Crippen LogP contribution in [0.2, 0.25) is 0 Å². The molecular weight excluding hydrogens is 302 g/mol. The molecule has 0 radical (unpaired) electrons. The van der Waals surface area contributed by atoms with Gasteiger partial charge in [-0.3, -0.25) is 4.79 Å². The number of carbonyl (C=O) groups excluding carboxylic acids is 1. The smallest absolute Gasteiger partial charge is 0.371 e. The van der Waals surface area contributed by atoms with Crippen molar-refractivity contribution in [2.24, 2.45) is 0 Å². The third kappa shape index (κ3) is 3.00. The molecule has 7 heteroatoms. The molecule has 3 heterocycles. The molecule has 1 aliphatic heterocycles. The lowest BCUT2D eigenvalue weighted by molar-refractivity contribution is -0.0106. The Morgan fingerprint density at radius 3 is 2.65 bits per heavy atom. The summed E-state index contributed by atoms with van der Waals surface area (Å²) in [5.74, 6) is -0.355. The first-order valence-electron chi connectivity index (χ1n) is 7.40. The zero-order valence-electron chi connectivity index (χ0n) is 12.7. The van der Waals surface area contributed by atoms with Gasteiger partial charge in [0.25, 0.3) is 5.91 Å². The number of hydrogen-bond acceptors (Lipinski definition) is 5. The minimum absolute atomic E-state index is 0.00317. The van der Waals surface area contributed by atoms with Crippen molar-refractivity contribution in [3.8, 4) is 0 Å². The van der Waals surface area contributed by atoms with Gasteiger partial charge in [0, 0.05) is 13.0 Å². The van der Waals surface area contributed by atoms with Crippen LogP contribution in [0.1, 0.15) is 45.6 Å². The lowest BCUT2D eigenvalue weighted by Gasteiger charge is -2.33. The van der Waals surface area contributed by atoms with Gasteiger partial charge in [-0.15, -0.1) is 0 Å². The number of hydrogen-bond donors (Lipinski definition) is 1. The molecule has 1 N–H and O–H groups in total. The lowest BCUT2D eigenvalue weighted by atomic mass is 10.1. The minimum atomic E-state index is -1.21. The van der Waals surface area contributed by atoms with Gasteiger partial charge in [-0.25, -0.2) is 4.79 Å². The molecule has 0 spiro atoms. The van der Waals surface area contributed by atoms with Crippen LogP contribution in [0, 0.1) is 0 Å². The molecule has 0 saturated carbocycles.